The van der Waals surface area contributed by atoms with Gasteiger partial charge >= 0.3 is 6.11 Å². The summed E-state index contributed by atoms with van der Waals surface area (Å²) in [7, 11) is 0. The molecule has 0 bridgehead atoms. The van der Waals surface area contributed by atoms with Crippen LogP contribution in [0.25, 0.3) is 21.5 Å². The van der Waals surface area contributed by atoms with E-state index in [0.717, 1.165) is 12.1 Å². The maximum atomic E-state index is 14.9. The van der Waals surface area contributed by atoms with Gasteiger partial charge in [-0.2, -0.15) is 8.78 Å². The summed E-state index contributed by atoms with van der Waals surface area (Å²) >= 11 is 0. The Morgan fingerprint density at radius 3 is 2.03 bits per heavy atom. The molecule has 0 aliphatic heterocycles. The van der Waals surface area contributed by atoms with Crippen LogP contribution in [-0.4, -0.2) is 0 Å². The molecule has 0 aromatic heterocycles. The van der Waals surface area contributed by atoms with Gasteiger partial charge in [0.05, 0.1) is 10.8 Å². The highest BCUT2D eigenvalue weighted by Crippen LogP contribution is 2.39. The molecule has 0 unspecified atom stereocenters. The number of rotatable bonds is 5. The first-order valence-electron chi connectivity index (χ1n) is 9.89. The van der Waals surface area contributed by atoms with Gasteiger partial charge < -0.3 is 4.74 Å². The maximum Gasteiger partial charge on any atom is 0.429 e. The molecule has 0 N–H and O–H groups in total. The molecule has 0 heterocycles. The fourth-order valence-corrected chi connectivity index (χ4v) is 3.74. The fraction of sp³-hybridized carbons (Fsp3) is 0.167. The van der Waals surface area contributed by atoms with E-state index in [1.165, 1.54) is 0 Å². The van der Waals surface area contributed by atoms with E-state index in [2.05, 4.69) is 4.74 Å². The molecular formula is C24H13F9O. The molecule has 0 radical (unpaired) electrons. The predicted octanol–water partition coefficient (Wildman–Crippen LogP) is 8.05. The number of fused-ring (bicyclic) bond motifs is 2. The van der Waals surface area contributed by atoms with Crippen LogP contribution in [0.3, 0.4) is 0 Å². The van der Waals surface area contributed by atoms with Gasteiger partial charge in [0, 0.05) is 6.07 Å². The molecule has 10 heteroatoms. The van der Waals surface area contributed by atoms with Crippen LogP contribution in [0, 0.1) is 40.7 Å². The van der Waals surface area contributed by atoms with Crippen LogP contribution in [0.2, 0.25) is 0 Å². The molecule has 4 aromatic rings. The normalized spacial score (nSPS) is 12.1. The van der Waals surface area contributed by atoms with Gasteiger partial charge in [-0.3, -0.25) is 0 Å². The third-order valence-corrected chi connectivity index (χ3v) is 5.28. The van der Waals surface area contributed by atoms with Crippen molar-refractivity contribution in [3.63, 3.8) is 0 Å². The largest absolute Gasteiger partial charge is 0.429 e. The third-order valence-electron chi connectivity index (χ3n) is 5.28. The molecule has 0 spiro atoms. The highest BCUT2D eigenvalue weighted by molar-refractivity contribution is 5.86. The van der Waals surface area contributed by atoms with Crippen molar-refractivity contribution in [3.8, 4) is 5.75 Å². The maximum absolute atomic E-state index is 14.9. The minimum absolute atomic E-state index is 0.0507. The lowest BCUT2D eigenvalue weighted by molar-refractivity contribution is -0.187. The Bertz CT molecular complexity index is 1450. The number of ether oxygens (including phenoxy) is 1. The van der Waals surface area contributed by atoms with Crippen LogP contribution in [0.4, 0.5) is 39.5 Å². The summed E-state index contributed by atoms with van der Waals surface area (Å²) in [5.41, 5.74) is -1.54. The SMILES string of the molecule is CCCc1cc2ccc(C(F)(F)Oc3cc(F)c4c(F)c(F)c(F)cc4c3)c(F)c2c(F)c1F. The van der Waals surface area contributed by atoms with Gasteiger partial charge in [0.2, 0.25) is 0 Å². The summed E-state index contributed by atoms with van der Waals surface area (Å²) in [5, 5.41) is -2.84. The molecule has 0 aliphatic rings. The van der Waals surface area contributed by atoms with Gasteiger partial charge in [0.25, 0.3) is 0 Å². The van der Waals surface area contributed by atoms with E-state index in [1.807, 2.05) is 0 Å². The van der Waals surface area contributed by atoms with E-state index in [-0.39, 0.29) is 23.4 Å². The van der Waals surface area contributed by atoms with Crippen LogP contribution in [-0.2, 0) is 12.5 Å². The van der Waals surface area contributed by atoms with Gasteiger partial charge in [-0.25, -0.2) is 30.7 Å². The van der Waals surface area contributed by atoms with Crippen LogP contribution in [0.5, 0.6) is 5.75 Å². The summed E-state index contributed by atoms with van der Waals surface area (Å²) < 4.78 is 133. The van der Waals surface area contributed by atoms with E-state index in [1.54, 1.807) is 6.92 Å². The van der Waals surface area contributed by atoms with Crippen molar-refractivity contribution in [3.05, 3.63) is 88.2 Å². The highest BCUT2D eigenvalue weighted by Gasteiger charge is 2.39. The minimum atomic E-state index is -4.54. The quantitative estimate of drug-likeness (QED) is 0.204. The van der Waals surface area contributed by atoms with Crippen LogP contribution >= 0.6 is 0 Å². The Morgan fingerprint density at radius 1 is 0.676 bits per heavy atom. The molecule has 0 atom stereocenters. The van der Waals surface area contributed by atoms with Crippen molar-refractivity contribution in [1.29, 1.82) is 0 Å². The molecule has 178 valence electrons. The van der Waals surface area contributed by atoms with E-state index in [4.69, 9.17) is 0 Å². The summed E-state index contributed by atoms with van der Waals surface area (Å²) in [4.78, 5) is 0. The van der Waals surface area contributed by atoms with Crippen molar-refractivity contribution in [2.24, 2.45) is 0 Å². The van der Waals surface area contributed by atoms with Crippen LogP contribution in [0.1, 0.15) is 24.5 Å². The molecule has 4 aromatic carbocycles. The molecule has 1 nitrogen and oxygen atoms in total. The van der Waals surface area contributed by atoms with Gasteiger partial charge in [0.15, 0.2) is 29.1 Å². The van der Waals surface area contributed by atoms with Crippen molar-refractivity contribution in [1.82, 2.24) is 0 Å². The molecule has 34 heavy (non-hydrogen) atoms. The Kier molecular flexibility index (Phi) is 5.87. The topological polar surface area (TPSA) is 9.23 Å². The van der Waals surface area contributed by atoms with Gasteiger partial charge in [-0.1, -0.05) is 19.4 Å². The van der Waals surface area contributed by atoms with E-state index in [9.17, 15) is 39.5 Å². The zero-order valence-electron chi connectivity index (χ0n) is 17.2. The first-order valence-corrected chi connectivity index (χ1v) is 9.89. The fourth-order valence-electron chi connectivity index (χ4n) is 3.74. The van der Waals surface area contributed by atoms with Crippen LogP contribution in [0.15, 0.2) is 36.4 Å². The first-order chi connectivity index (χ1) is 16.0. The second kappa shape index (κ2) is 8.41. The average molecular weight is 488 g/mol. The standard InChI is InChI=1S/C24H13F9O/c1-2-3-11-6-10-4-5-14(20(28)18(10)23(31)19(11)27)24(32,33)34-13-7-12-8-16(26)21(29)22(30)17(12)15(25)9-13/h4-9H,2-3H2,1H3. The molecule has 4 rings (SSSR count). The Hall–Kier alpha value is -3.43. The summed E-state index contributed by atoms with van der Waals surface area (Å²) in [6.45, 7) is 1.71. The Morgan fingerprint density at radius 2 is 1.35 bits per heavy atom. The highest BCUT2D eigenvalue weighted by atomic mass is 19.3. The lowest BCUT2D eigenvalue weighted by Gasteiger charge is -2.20. The number of halogens is 9. The smallest absolute Gasteiger partial charge is 0.429 e. The first kappa shape index (κ1) is 23.7. The Labute approximate surface area is 186 Å². The van der Waals surface area contributed by atoms with Gasteiger partial charge in [-0.05, 0) is 47.0 Å². The number of benzene rings is 4. The van der Waals surface area contributed by atoms with Crippen molar-refractivity contribution < 1.29 is 44.3 Å². The molecule has 0 aliphatic carbocycles. The van der Waals surface area contributed by atoms with Crippen molar-refractivity contribution in [2.75, 3.05) is 0 Å². The number of hydrogen-bond donors (Lipinski definition) is 0. The lowest BCUT2D eigenvalue weighted by atomic mass is 9.99. The van der Waals surface area contributed by atoms with Gasteiger partial charge in [0.1, 0.15) is 22.9 Å². The third kappa shape index (κ3) is 3.80. The summed E-state index contributed by atoms with van der Waals surface area (Å²) in [6, 6.07) is 3.91. The van der Waals surface area contributed by atoms with Gasteiger partial charge in [-0.15, -0.1) is 0 Å². The molecular weight excluding hydrogens is 475 g/mol. The summed E-state index contributed by atoms with van der Waals surface area (Å²) in [6.07, 6.45) is -3.95. The summed E-state index contributed by atoms with van der Waals surface area (Å²) in [5.74, 6) is -12.9. The number of alkyl halides is 2. The Balaban J connectivity index is 1.81. The second-order valence-corrected chi connectivity index (χ2v) is 7.55. The minimum Gasteiger partial charge on any atom is -0.429 e. The molecule has 0 saturated carbocycles. The molecule has 0 saturated heterocycles. The van der Waals surface area contributed by atoms with E-state index >= 15 is 0 Å². The zero-order chi connectivity index (χ0) is 24.9. The average Bonchev–Trinajstić information content (AvgIpc) is 2.75. The molecule has 0 fully saturated rings. The predicted molar refractivity (Wildman–Crippen MR) is 106 cm³/mol. The van der Waals surface area contributed by atoms with Crippen LogP contribution < -0.4 is 4.74 Å². The van der Waals surface area contributed by atoms with Crippen molar-refractivity contribution >= 4 is 21.5 Å². The number of aryl methyl sites for hydroxylation is 1. The zero-order valence-corrected chi connectivity index (χ0v) is 17.2. The van der Waals surface area contributed by atoms with E-state index in [0.29, 0.717) is 24.6 Å². The lowest BCUT2D eigenvalue weighted by Crippen LogP contribution is -2.24. The molecule has 0 amide bonds. The second-order valence-electron chi connectivity index (χ2n) is 7.55. The number of hydrogen-bond acceptors (Lipinski definition) is 1. The monoisotopic (exact) mass is 488 g/mol. The van der Waals surface area contributed by atoms with E-state index < -0.39 is 74.3 Å². The van der Waals surface area contributed by atoms with Crippen molar-refractivity contribution in [2.45, 2.75) is 25.9 Å².